The highest BCUT2D eigenvalue weighted by Crippen LogP contribution is 2.44. The highest BCUT2D eigenvalue weighted by Gasteiger charge is 2.63. The molecule has 1 amide bonds. The number of carbonyl (C=O) groups is 3. The van der Waals surface area contributed by atoms with Gasteiger partial charge in [0.05, 0.1) is 24.6 Å². The van der Waals surface area contributed by atoms with E-state index in [1.54, 1.807) is 38.4 Å². The van der Waals surface area contributed by atoms with Crippen LogP contribution in [0.2, 0.25) is 0 Å². The smallest absolute Gasteiger partial charge is 0.338 e. The molecule has 43 heavy (non-hydrogen) atoms. The summed E-state index contributed by atoms with van der Waals surface area (Å²) < 4.78 is 50.9. The van der Waals surface area contributed by atoms with Crippen molar-refractivity contribution in [2.75, 3.05) is 32.8 Å². The van der Waals surface area contributed by atoms with Crippen molar-refractivity contribution in [3.63, 3.8) is 0 Å². The molecule has 3 aliphatic rings. The summed E-state index contributed by atoms with van der Waals surface area (Å²) in [5.41, 5.74) is 0.945. The number of nitrogens with zero attached hydrogens (tertiary/aromatic N) is 4. The predicted octanol–water partition coefficient (Wildman–Crippen LogP) is 3.39. The number of alkyl halides is 2. The number of carboxylic acids is 1. The average molecular weight is 620 g/mol. The molecular weight excluding hydrogens is 587 g/mol. The van der Waals surface area contributed by atoms with Gasteiger partial charge in [-0.1, -0.05) is 19.1 Å². The molecule has 4 heterocycles. The molecule has 4 atom stereocenters. The first-order valence-corrected chi connectivity index (χ1v) is 14.9. The maximum Gasteiger partial charge on any atom is 0.338 e. The number of thiazole rings is 1. The van der Waals surface area contributed by atoms with Gasteiger partial charge in [0, 0.05) is 43.0 Å². The minimum absolute atomic E-state index is 0.0334. The number of rotatable bonds is 10. The second-order valence-corrected chi connectivity index (χ2v) is 11.7. The van der Waals surface area contributed by atoms with Gasteiger partial charge in [-0.3, -0.25) is 19.5 Å². The molecule has 3 aliphatic heterocycles. The van der Waals surface area contributed by atoms with Crippen molar-refractivity contribution in [2.24, 2.45) is 16.8 Å². The molecule has 14 heteroatoms. The van der Waals surface area contributed by atoms with Crippen LogP contribution in [0, 0.1) is 24.6 Å². The summed E-state index contributed by atoms with van der Waals surface area (Å²) in [6, 6.07) is 2.50. The van der Waals surface area contributed by atoms with Crippen LogP contribution in [-0.2, 0) is 19.1 Å². The van der Waals surface area contributed by atoms with E-state index < -0.39 is 60.0 Å². The van der Waals surface area contributed by atoms with Crippen molar-refractivity contribution in [3.05, 3.63) is 63.0 Å². The number of benzene rings is 1. The lowest BCUT2D eigenvalue weighted by molar-refractivity contribution is -0.145. The maximum atomic E-state index is 15.4. The van der Waals surface area contributed by atoms with E-state index in [1.807, 2.05) is 0 Å². The molecule has 10 nitrogen and oxygen atoms in total. The fourth-order valence-corrected chi connectivity index (χ4v) is 6.60. The van der Waals surface area contributed by atoms with Crippen LogP contribution in [0.1, 0.15) is 42.4 Å². The highest BCUT2D eigenvalue weighted by molar-refractivity contribution is 7.11. The van der Waals surface area contributed by atoms with Crippen LogP contribution in [0.4, 0.5) is 13.2 Å². The number of hydrogen-bond donors (Lipinski definition) is 2. The monoisotopic (exact) mass is 619 g/mol. The molecule has 2 saturated heterocycles. The van der Waals surface area contributed by atoms with Crippen LogP contribution >= 0.6 is 11.3 Å². The van der Waals surface area contributed by atoms with Gasteiger partial charge in [0.25, 0.3) is 5.92 Å². The van der Waals surface area contributed by atoms with Gasteiger partial charge in [0.15, 0.2) is 10.8 Å². The van der Waals surface area contributed by atoms with Crippen molar-refractivity contribution in [1.29, 1.82) is 0 Å². The second-order valence-electron chi connectivity index (χ2n) is 10.8. The van der Waals surface area contributed by atoms with Crippen LogP contribution in [0.5, 0.6) is 0 Å². The zero-order valence-corrected chi connectivity index (χ0v) is 24.7. The number of fused-ring (bicyclic) bond motifs is 1. The number of carbonyl (C=O) groups excluding carboxylic acids is 2. The topological polar surface area (TPSA) is 124 Å². The Hall–Kier alpha value is -3.78. The first kappa shape index (κ1) is 30.7. The first-order valence-electron chi connectivity index (χ1n) is 14.0. The van der Waals surface area contributed by atoms with E-state index in [0.717, 1.165) is 0 Å². The molecule has 1 aromatic heterocycles. The summed E-state index contributed by atoms with van der Waals surface area (Å²) in [6.45, 7) is 3.71. The van der Waals surface area contributed by atoms with Gasteiger partial charge >= 0.3 is 11.9 Å². The number of halogens is 3. The van der Waals surface area contributed by atoms with E-state index >= 15 is 8.78 Å². The van der Waals surface area contributed by atoms with Crippen molar-refractivity contribution in [3.8, 4) is 0 Å². The molecule has 0 spiro atoms. The average Bonchev–Trinajstić information content (AvgIpc) is 3.66. The van der Waals surface area contributed by atoms with Gasteiger partial charge in [0.1, 0.15) is 17.8 Å². The van der Waals surface area contributed by atoms with Crippen molar-refractivity contribution in [1.82, 2.24) is 20.1 Å². The Morgan fingerprint density at radius 3 is 2.72 bits per heavy atom. The van der Waals surface area contributed by atoms with E-state index in [9.17, 15) is 23.9 Å². The number of carboxylic acid groups (broad SMARTS) is 1. The third-order valence-electron chi connectivity index (χ3n) is 8.21. The Bertz CT molecular complexity index is 1480. The largest absolute Gasteiger partial charge is 0.481 e. The van der Waals surface area contributed by atoms with E-state index in [2.05, 4.69) is 10.3 Å². The van der Waals surface area contributed by atoms with Gasteiger partial charge in [-0.25, -0.2) is 22.9 Å². The molecule has 0 unspecified atom stereocenters. The number of amides is 1. The Morgan fingerprint density at radius 1 is 1.30 bits per heavy atom. The summed E-state index contributed by atoms with van der Waals surface area (Å²) in [7, 11) is 0. The number of esters is 1. The molecule has 1 aromatic carbocycles. The van der Waals surface area contributed by atoms with Crippen LogP contribution in [-0.4, -0.2) is 88.3 Å². The van der Waals surface area contributed by atoms with Gasteiger partial charge in [-0.15, -0.1) is 11.3 Å². The lowest BCUT2D eigenvalue weighted by Gasteiger charge is -2.31. The van der Waals surface area contributed by atoms with Crippen LogP contribution in [0.25, 0.3) is 0 Å². The van der Waals surface area contributed by atoms with Crippen molar-refractivity contribution >= 4 is 35.0 Å². The minimum atomic E-state index is -3.38. The lowest BCUT2D eigenvalue weighted by atomic mass is 9.92. The quantitative estimate of drug-likeness (QED) is 0.388. The number of ether oxygens (including phenoxy) is 1. The highest BCUT2D eigenvalue weighted by atomic mass is 32.1. The van der Waals surface area contributed by atoms with Crippen LogP contribution < -0.4 is 5.32 Å². The summed E-state index contributed by atoms with van der Waals surface area (Å²) in [5, 5.41) is 14.8. The molecule has 0 saturated carbocycles. The Kier molecular flexibility index (Phi) is 8.61. The number of aliphatic imine (C=N–C) groups is 1. The molecule has 0 bridgehead atoms. The Balaban J connectivity index is 1.55. The zero-order valence-electron chi connectivity index (χ0n) is 23.8. The van der Waals surface area contributed by atoms with Crippen LogP contribution in [0.3, 0.4) is 0 Å². The van der Waals surface area contributed by atoms with Crippen LogP contribution in [0.15, 0.2) is 46.0 Å². The molecule has 2 fully saturated rings. The zero-order chi connectivity index (χ0) is 31.1. The van der Waals surface area contributed by atoms with E-state index in [-0.39, 0.29) is 55.3 Å². The number of likely N-dealkylation sites (tertiary alicyclic amines) is 2. The van der Waals surface area contributed by atoms with Gasteiger partial charge in [-0.05, 0) is 37.5 Å². The molecule has 0 radical (unpaired) electrons. The summed E-state index contributed by atoms with van der Waals surface area (Å²) >= 11 is 1.27. The summed E-state index contributed by atoms with van der Waals surface area (Å²) in [6.07, 6.45) is 1.82. The van der Waals surface area contributed by atoms with E-state index in [0.29, 0.717) is 10.6 Å². The standard InChI is InChI=1S/C29H32F3N5O5S/c1-4-16(27(39)40)11-36-13-20-22(26(36)38)29(31,32)14-37(20)12-19-21(28(41)42-5-2)23(17-7-6-8-18(30)15(17)3)35-24(34-19)25-33-9-10-43-25/h6-10,16,20,22-23H,4-5,11-14H2,1-3H3,(H,34,35)(H,39,40)/t16-,20-,22-,23-/m0/s1. The number of amidine groups is 1. The number of nitrogens with one attached hydrogen (secondary N) is 1. The SMILES string of the molecule is CCOC(=O)C1=C(CN2CC(F)(F)[C@@H]3C(=O)N(C[C@H](CC)C(=O)O)C[C@@H]32)NC(c2nccs2)=N[C@H]1c1cccc(F)c1C. The normalized spacial score (nSPS) is 24.0. The summed E-state index contributed by atoms with van der Waals surface area (Å²) in [4.78, 5) is 49.9. The van der Waals surface area contributed by atoms with E-state index in [1.165, 1.54) is 33.3 Å². The Morgan fingerprint density at radius 2 is 2.07 bits per heavy atom. The number of hydrogen-bond acceptors (Lipinski definition) is 9. The molecule has 2 N–H and O–H groups in total. The minimum Gasteiger partial charge on any atom is -0.481 e. The van der Waals surface area contributed by atoms with Gasteiger partial charge in [-0.2, -0.15) is 0 Å². The number of aliphatic carboxylic acids is 1. The third kappa shape index (κ3) is 5.77. The van der Waals surface area contributed by atoms with Crippen molar-refractivity contribution in [2.45, 2.75) is 45.2 Å². The van der Waals surface area contributed by atoms with Gasteiger partial charge < -0.3 is 20.1 Å². The van der Waals surface area contributed by atoms with Crippen molar-refractivity contribution < 1.29 is 37.4 Å². The molecule has 0 aliphatic carbocycles. The molecule has 230 valence electrons. The lowest BCUT2D eigenvalue weighted by Crippen LogP contribution is -2.44. The predicted molar refractivity (Wildman–Crippen MR) is 151 cm³/mol. The van der Waals surface area contributed by atoms with E-state index in [4.69, 9.17) is 9.73 Å². The fraction of sp³-hybridized carbons (Fsp3) is 0.483. The first-order chi connectivity index (χ1) is 20.5. The number of aromatic nitrogens is 1. The Labute approximate surface area is 250 Å². The maximum absolute atomic E-state index is 15.4. The molecule has 5 rings (SSSR count). The third-order valence-corrected chi connectivity index (χ3v) is 8.99. The second kappa shape index (κ2) is 12.1. The van der Waals surface area contributed by atoms with Gasteiger partial charge in [0.2, 0.25) is 5.91 Å². The molecule has 2 aromatic rings. The summed E-state index contributed by atoms with van der Waals surface area (Å²) in [5.74, 6) is -8.75. The molecular formula is C29H32F3N5O5S. The fourth-order valence-electron chi connectivity index (χ4n) is 6.01.